The molecule has 3 nitrogen and oxygen atoms in total. The third-order valence-electron chi connectivity index (χ3n) is 3.08. The molecule has 1 rings (SSSR count). The van der Waals surface area contributed by atoms with Crippen LogP contribution in [0.1, 0.15) is 27.7 Å². The zero-order valence-electron chi connectivity index (χ0n) is 9.09. The molecule has 76 valence electrons. The molecule has 0 bridgehead atoms. The monoisotopic (exact) mass is 185 g/mol. The maximum atomic E-state index is 11.8. The van der Waals surface area contributed by atoms with E-state index >= 15 is 0 Å². The topological polar surface area (TPSA) is 40.5 Å². The van der Waals surface area contributed by atoms with Crippen LogP contribution in [0.2, 0.25) is 0 Å². The highest BCUT2D eigenvalue weighted by Gasteiger charge is 2.56. The zero-order valence-corrected chi connectivity index (χ0v) is 9.09. The Balaban J connectivity index is 3.09. The average Bonchev–Trinajstić information content (AvgIpc) is 2.14. The van der Waals surface area contributed by atoms with Crippen molar-refractivity contribution in [2.24, 2.45) is 11.3 Å². The van der Waals surface area contributed by atoms with E-state index in [2.05, 4.69) is 0 Å². The third-order valence-corrected chi connectivity index (χ3v) is 3.08. The van der Waals surface area contributed by atoms with Crippen molar-refractivity contribution in [3.8, 4) is 0 Å². The second kappa shape index (κ2) is 2.71. The molecule has 1 aliphatic heterocycles. The van der Waals surface area contributed by atoms with Crippen molar-refractivity contribution in [2.75, 3.05) is 13.6 Å². The minimum absolute atomic E-state index is 0.00463. The first-order valence-corrected chi connectivity index (χ1v) is 4.69. The molecule has 1 heterocycles. The number of likely N-dealkylation sites (tertiary alicyclic amines) is 1. The first-order chi connectivity index (χ1) is 5.71. The lowest BCUT2D eigenvalue weighted by molar-refractivity contribution is -0.156. The van der Waals surface area contributed by atoms with Crippen LogP contribution in [0.5, 0.6) is 0 Å². The fraction of sp³-hybridized carbons (Fsp3) is 0.900. The number of aliphatic hydroxyl groups is 1. The largest absolute Gasteiger partial charge is 0.379 e. The predicted octanol–water partition coefficient (Wildman–Crippen LogP) is 0.872. The van der Waals surface area contributed by atoms with Gasteiger partial charge >= 0.3 is 0 Å². The minimum atomic E-state index is -1.19. The van der Waals surface area contributed by atoms with Crippen LogP contribution in [-0.4, -0.2) is 35.1 Å². The highest BCUT2D eigenvalue weighted by molar-refractivity contribution is 5.88. The Labute approximate surface area is 79.7 Å². The van der Waals surface area contributed by atoms with Crippen molar-refractivity contribution in [3.63, 3.8) is 0 Å². The Morgan fingerprint density at radius 2 is 2.00 bits per heavy atom. The van der Waals surface area contributed by atoms with Gasteiger partial charge < -0.3 is 10.0 Å². The van der Waals surface area contributed by atoms with Gasteiger partial charge in [0.15, 0.2) is 5.60 Å². The van der Waals surface area contributed by atoms with E-state index in [-0.39, 0.29) is 11.8 Å². The molecule has 0 aromatic heterocycles. The fourth-order valence-corrected chi connectivity index (χ4v) is 2.19. The van der Waals surface area contributed by atoms with Crippen molar-refractivity contribution in [1.29, 1.82) is 0 Å². The number of hydrogen-bond acceptors (Lipinski definition) is 2. The first-order valence-electron chi connectivity index (χ1n) is 4.69. The maximum absolute atomic E-state index is 11.8. The predicted molar refractivity (Wildman–Crippen MR) is 51.2 cm³/mol. The van der Waals surface area contributed by atoms with Crippen LogP contribution in [0.4, 0.5) is 0 Å². The number of likely N-dealkylation sites (N-methyl/N-ethyl adjacent to an activating group) is 1. The lowest BCUT2D eigenvalue weighted by Crippen LogP contribution is -2.52. The molecule has 0 radical (unpaired) electrons. The standard InChI is InChI=1S/C10H19NO2/c1-7-6-11(5)8(12)10(7,13)9(2,3)4/h7,13H,6H2,1-5H3/t7-,10+/m1/s1. The van der Waals surface area contributed by atoms with Crippen molar-refractivity contribution in [1.82, 2.24) is 4.90 Å². The quantitative estimate of drug-likeness (QED) is 0.608. The summed E-state index contributed by atoms with van der Waals surface area (Å²) in [6.45, 7) is 8.28. The van der Waals surface area contributed by atoms with Crippen molar-refractivity contribution in [3.05, 3.63) is 0 Å². The van der Waals surface area contributed by atoms with Gasteiger partial charge in [-0.15, -0.1) is 0 Å². The van der Waals surface area contributed by atoms with Gasteiger partial charge in [0.1, 0.15) is 0 Å². The Hall–Kier alpha value is -0.570. The lowest BCUT2D eigenvalue weighted by atomic mass is 9.71. The molecule has 1 aliphatic rings. The molecular formula is C10H19NO2. The van der Waals surface area contributed by atoms with Crippen LogP contribution in [0.3, 0.4) is 0 Å². The van der Waals surface area contributed by atoms with Gasteiger partial charge in [-0.25, -0.2) is 0 Å². The number of nitrogens with zero attached hydrogens (tertiary/aromatic N) is 1. The Morgan fingerprint density at radius 1 is 1.54 bits per heavy atom. The summed E-state index contributed by atoms with van der Waals surface area (Å²) in [7, 11) is 1.74. The molecule has 0 aliphatic carbocycles. The number of rotatable bonds is 0. The van der Waals surface area contributed by atoms with Crippen LogP contribution >= 0.6 is 0 Å². The fourth-order valence-electron chi connectivity index (χ4n) is 2.19. The Kier molecular flexibility index (Phi) is 2.19. The van der Waals surface area contributed by atoms with Gasteiger partial charge in [-0.3, -0.25) is 4.79 Å². The molecule has 3 heteroatoms. The molecule has 1 saturated heterocycles. The van der Waals surface area contributed by atoms with E-state index in [0.717, 1.165) is 0 Å². The van der Waals surface area contributed by atoms with E-state index in [0.29, 0.717) is 6.54 Å². The normalized spacial score (nSPS) is 35.7. The van der Waals surface area contributed by atoms with Gasteiger partial charge in [0.2, 0.25) is 0 Å². The summed E-state index contributed by atoms with van der Waals surface area (Å²) in [6, 6.07) is 0. The molecule has 1 N–H and O–H groups in total. The van der Waals surface area contributed by atoms with E-state index in [1.54, 1.807) is 11.9 Å². The van der Waals surface area contributed by atoms with Crippen LogP contribution in [0.15, 0.2) is 0 Å². The summed E-state index contributed by atoms with van der Waals surface area (Å²) in [6.07, 6.45) is 0. The highest BCUT2D eigenvalue weighted by Crippen LogP contribution is 2.41. The Morgan fingerprint density at radius 3 is 2.15 bits per heavy atom. The molecule has 1 amide bonds. The molecule has 0 spiro atoms. The molecule has 0 saturated carbocycles. The second-order valence-corrected chi connectivity index (χ2v) is 5.10. The minimum Gasteiger partial charge on any atom is -0.379 e. The molecular weight excluding hydrogens is 166 g/mol. The van der Waals surface area contributed by atoms with Crippen LogP contribution in [0.25, 0.3) is 0 Å². The van der Waals surface area contributed by atoms with Gasteiger partial charge in [0.05, 0.1) is 0 Å². The van der Waals surface area contributed by atoms with E-state index in [4.69, 9.17) is 0 Å². The lowest BCUT2D eigenvalue weighted by Gasteiger charge is -2.37. The summed E-state index contributed by atoms with van der Waals surface area (Å²) in [5, 5.41) is 10.3. The van der Waals surface area contributed by atoms with Crippen molar-refractivity contribution >= 4 is 5.91 Å². The van der Waals surface area contributed by atoms with E-state index in [1.165, 1.54) is 0 Å². The smallest absolute Gasteiger partial charge is 0.255 e. The summed E-state index contributed by atoms with van der Waals surface area (Å²) in [4.78, 5) is 13.4. The van der Waals surface area contributed by atoms with Gasteiger partial charge in [-0.05, 0) is 0 Å². The van der Waals surface area contributed by atoms with Gasteiger partial charge in [0.25, 0.3) is 5.91 Å². The van der Waals surface area contributed by atoms with E-state index < -0.39 is 11.0 Å². The molecule has 1 fully saturated rings. The third kappa shape index (κ3) is 1.26. The highest BCUT2D eigenvalue weighted by atomic mass is 16.3. The average molecular weight is 185 g/mol. The molecule has 0 unspecified atom stereocenters. The van der Waals surface area contributed by atoms with Gasteiger partial charge in [0, 0.05) is 24.9 Å². The molecule has 0 aromatic carbocycles. The van der Waals surface area contributed by atoms with E-state index in [9.17, 15) is 9.90 Å². The zero-order chi connectivity index (χ0) is 10.4. The number of carbonyl (C=O) groups is 1. The van der Waals surface area contributed by atoms with Crippen molar-refractivity contribution in [2.45, 2.75) is 33.3 Å². The van der Waals surface area contributed by atoms with Gasteiger partial charge in [-0.2, -0.15) is 0 Å². The SMILES string of the molecule is C[C@@H]1CN(C)C(=O)[C@]1(O)C(C)(C)C. The number of hydrogen-bond donors (Lipinski definition) is 1. The Bertz CT molecular complexity index is 232. The van der Waals surface area contributed by atoms with Crippen LogP contribution in [0, 0.1) is 11.3 Å². The summed E-state index contributed by atoms with van der Waals surface area (Å²) in [5.41, 5.74) is -1.59. The summed E-state index contributed by atoms with van der Waals surface area (Å²) >= 11 is 0. The van der Waals surface area contributed by atoms with Gasteiger partial charge in [-0.1, -0.05) is 27.7 Å². The maximum Gasteiger partial charge on any atom is 0.255 e. The summed E-state index contributed by atoms with van der Waals surface area (Å²) in [5.74, 6) is -0.141. The first kappa shape index (κ1) is 10.5. The summed E-state index contributed by atoms with van der Waals surface area (Å²) < 4.78 is 0. The number of amides is 1. The molecule has 2 atom stereocenters. The molecule has 13 heavy (non-hydrogen) atoms. The van der Waals surface area contributed by atoms with E-state index in [1.807, 2.05) is 27.7 Å². The van der Waals surface area contributed by atoms with Crippen LogP contribution in [-0.2, 0) is 4.79 Å². The molecule has 0 aromatic rings. The second-order valence-electron chi connectivity index (χ2n) is 5.10. The van der Waals surface area contributed by atoms with Crippen LogP contribution < -0.4 is 0 Å². The van der Waals surface area contributed by atoms with Crippen molar-refractivity contribution < 1.29 is 9.90 Å². The number of carbonyl (C=O) groups excluding carboxylic acids is 1.